The minimum atomic E-state index is 0.862. The van der Waals surface area contributed by atoms with E-state index >= 15 is 0 Å². The van der Waals surface area contributed by atoms with Crippen molar-refractivity contribution < 1.29 is 0 Å². The van der Waals surface area contributed by atoms with E-state index in [0.717, 1.165) is 97.4 Å². The van der Waals surface area contributed by atoms with Gasteiger partial charge in [-0.3, -0.25) is 0 Å². The first-order valence-corrected chi connectivity index (χ1v) is 23.3. The van der Waals surface area contributed by atoms with Crippen LogP contribution in [0.25, 0.3) is 33.4 Å². The highest BCUT2D eigenvalue weighted by Gasteiger charge is 2.20. The van der Waals surface area contributed by atoms with Gasteiger partial charge < -0.3 is 31.9 Å². The molecule has 6 heteroatoms. The highest BCUT2D eigenvalue weighted by atomic mass is 14.9. The summed E-state index contributed by atoms with van der Waals surface area (Å²) in [5, 5.41) is 22.3. The van der Waals surface area contributed by atoms with Gasteiger partial charge in [0.25, 0.3) is 0 Å². The minimum absolute atomic E-state index is 0.862. The van der Waals surface area contributed by atoms with Gasteiger partial charge in [-0.25, -0.2) is 0 Å². The second-order valence-electron chi connectivity index (χ2n) is 17.6. The summed E-state index contributed by atoms with van der Waals surface area (Å²) in [5.41, 5.74) is 24.5. The lowest BCUT2D eigenvalue weighted by Crippen LogP contribution is -2.21. The Kier molecular flexibility index (Phi) is 12.6. The first kappa shape index (κ1) is 40.9. The highest BCUT2D eigenvalue weighted by Crippen LogP contribution is 2.40. The predicted octanol–water partition coefficient (Wildman–Crippen LogP) is 11.2. The topological polar surface area (TPSA) is 72.2 Å². The van der Waals surface area contributed by atoms with Gasteiger partial charge in [0.05, 0.1) is 0 Å². The van der Waals surface area contributed by atoms with E-state index < -0.39 is 0 Å². The zero-order valence-corrected chi connectivity index (χ0v) is 36.5. The van der Waals surface area contributed by atoms with Crippen molar-refractivity contribution in [2.24, 2.45) is 0 Å². The predicted molar refractivity (Wildman–Crippen MR) is 265 cm³/mol. The maximum atomic E-state index is 3.74. The summed E-state index contributed by atoms with van der Waals surface area (Å²) in [7, 11) is 0. The fourth-order valence-corrected chi connectivity index (χ4v) is 9.88. The smallest absolute Gasteiger partial charge is 0.0346 e. The van der Waals surface area contributed by atoms with Crippen molar-refractivity contribution in [3.8, 4) is 33.4 Å². The molecular formula is C57H60N6. The summed E-state index contributed by atoms with van der Waals surface area (Å²) < 4.78 is 0. The molecule has 0 spiro atoms. The Morgan fingerprint density at radius 1 is 0.286 bits per heavy atom. The van der Waals surface area contributed by atoms with E-state index in [4.69, 9.17) is 0 Å². The molecule has 6 N–H and O–H groups in total. The lowest BCUT2D eigenvalue weighted by molar-refractivity contribution is 0.644. The molecule has 0 radical (unpaired) electrons. The van der Waals surface area contributed by atoms with Crippen LogP contribution in [0.4, 0.5) is 17.1 Å². The third-order valence-corrected chi connectivity index (χ3v) is 13.1. The van der Waals surface area contributed by atoms with E-state index in [1.54, 1.807) is 0 Å². The molecule has 0 unspecified atom stereocenters. The molecule has 0 amide bonds. The molecule has 3 aliphatic rings. The van der Waals surface area contributed by atoms with E-state index in [0.29, 0.717) is 0 Å². The van der Waals surface area contributed by atoms with Crippen molar-refractivity contribution in [2.75, 3.05) is 55.2 Å². The van der Waals surface area contributed by atoms with Gasteiger partial charge in [-0.05, 0) is 178 Å². The van der Waals surface area contributed by atoms with Crippen molar-refractivity contribution in [1.29, 1.82) is 0 Å². The lowest BCUT2D eigenvalue weighted by Gasteiger charge is -2.14. The second kappa shape index (κ2) is 19.5. The van der Waals surface area contributed by atoms with Crippen LogP contribution in [-0.2, 0) is 38.9 Å². The Bertz CT molecular complexity index is 2390. The standard InChI is InChI=1S/C57H60N6/c1-4-13-52-43(10-1)31-46-16-19-49(34-55(46)52)61-25-7-22-58-37-40-28-41(38-59-23-8-26-62-50-20-17-47-32-44-11-2-5-14-53(44)56(47)35-50)30-42(29-40)39-60-24-9-27-63-51-21-18-48-33-45-12-3-6-15-54(45)57(48)36-51/h1-6,10-21,28-30,34-36,58-63H,7-9,22-27,31-33,37-39H2. The third kappa shape index (κ3) is 9.74. The van der Waals surface area contributed by atoms with E-state index in [-0.39, 0.29) is 0 Å². The monoisotopic (exact) mass is 828 g/mol. The van der Waals surface area contributed by atoms with Crippen LogP contribution in [0.2, 0.25) is 0 Å². The Balaban J connectivity index is 0.689. The fraction of sp³-hybridized carbons (Fsp3) is 0.263. The molecule has 0 bridgehead atoms. The molecule has 0 fully saturated rings. The van der Waals surface area contributed by atoms with Crippen LogP contribution in [0.5, 0.6) is 0 Å². The molecule has 3 aliphatic carbocycles. The average molecular weight is 829 g/mol. The van der Waals surface area contributed by atoms with E-state index in [1.165, 1.54) is 101 Å². The molecule has 7 aromatic rings. The second-order valence-corrected chi connectivity index (χ2v) is 17.6. The maximum Gasteiger partial charge on any atom is 0.0346 e. The zero-order valence-electron chi connectivity index (χ0n) is 36.5. The average Bonchev–Trinajstić information content (AvgIpc) is 4.00. The van der Waals surface area contributed by atoms with Crippen LogP contribution in [0, 0.1) is 0 Å². The molecule has 0 aliphatic heterocycles. The number of hydrogen-bond donors (Lipinski definition) is 6. The first-order valence-electron chi connectivity index (χ1n) is 23.3. The molecule has 0 heterocycles. The van der Waals surface area contributed by atoms with Gasteiger partial charge >= 0.3 is 0 Å². The SMILES string of the molecule is c1ccc2c(c1)Cc1ccc(NCCCNCc3cc(CNCCCNc4ccc5c(c4)-c4ccccc4C5)cc(CNCCCNc4ccc5c(c4)-c4ccccc4C5)c3)cc1-2. The Hall–Kier alpha value is -6.18. The van der Waals surface area contributed by atoms with Crippen LogP contribution in [0.1, 0.15) is 69.3 Å². The molecule has 0 atom stereocenters. The molecule has 318 valence electrons. The molecular weight excluding hydrogens is 769 g/mol. The Labute approximate surface area is 374 Å². The molecule has 6 nitrogen and oxygen atoms in total. The maximum absolute atomic E-state index is 3.74. The fourth-order valence-electron chi connectivity index (χ4n) is 9.88. The number of benzene rings is 7. The lowest BCUT2D eigenvalue weighted by atomic mass is 10.0. The van der Waals surface area contributed by atoms with Crippen LogP contribution in [0.3, 0.4) is 0 Å². The van der Waals surface area contributed by atoms with E-state index in [9.17, 15) is 0 Å². The molecule has 0 saturated heterocycles. The van der Waals surface area contributed by atoms with Gasteiger partial charge in [0.15, 0.2) is 0 Å². The zero-order chi connectivity index (χ0) is 42.2. The van der Waals surface area contributed by atoms with Gasteiger partial charge in [0, 0.05) is 56.3 Å². The van der Waals surface area contributed by atoms with Gasteiger partial charge in [0.1, 0.15) is 0 Å². The number of rotatable bonds is 21. The number of nitrogens with one attached hydrogen (secondary N) is 6. The van der Waals surface area contributed by atoms with Crippen molar-refractivity contribution in [1.82, 2.24) is 16.0 Å². The number of fused-ring (bicyclic) bond motifs is 9. The largest absolute Gasteiger partial charge is 0.385 e. The normalized spacial score (nSPS) is 12.6. The summed E-state index contributed by atoms with van der Waals surface area (Å²) in [6.45, 7) is 8.30. The Morgan fingerprint density at radius 3 is 0.921 bits per heavy atom. The van der Waals surface area contributed by atoms with Crippen molar-refractivity contribution in [3.63, 3.8) is 0 Å². The summed E-state index contributed by atoms with van der Waals surface area (Å²) in [5.74, 6) is 0. The molecule has 10 rings (SSSR count). The first-order chi connectivity index (χ1) is 31.2. The number of anilines is 3. The van der Waals surface area contributed by atoms with Gasteiger partial charge in [-0.2, -0.15) is 0 Å². The van der Waals surface area contributed by atoms with E-state index in [2.05, 4.69) is 177 Å². The van der Waals surface area contributed by atoms with Crippen LogP contribution < -0.4 is 31.9 Å². The van der Waals surface area contributed by atoms with Crippen molar-refractivity contribution in [3.05, 3.63) is 196 Å². The van der Waals surface area contributed by atoms with E-state index in [1.807, 2.05) is 0 Å². The van der Waals surface area contributed by atoms with Gasteiger partial charge in [-0.15, -0.1) is 0 Å². The summed E-state index contributed by atoms with van der Waals surface area (Å²) in [4.78, 5) is 0. The summed E-state index contributed by atoms with van der Waals surface area (Å²) >= 11 is 0. The molecule has 0 saturated carbocycles. The number of hydrogen-bond acceptors (Lipinski definition) is 6. The minimum Gasteiger partial charge on any atom is -0.385 e. The van der Waals surface area contributed by atoms with Crippen LogP contribution >= 0.6 is 0 Å². The Morgan fingerprint density at radius 2 is 0.587 bits per heavy atom. The third-order valence-electron chi connectivity index (χ3n) is 13.1. The van der Waals surface area contributed by atoms with Crippen LogP contribution in [0.15, 0.2) is 146 Å². The van der Waals surface area contributed by atoms with Crippen LogP contribution in [-0.4, -0.2) is 39.3 Å². The molecule has 7 aromatic carbocycles. The summed E-state index contributed by atoms with van der Waals surface area (Å²) in [6, 6.07) is 54.1. The molecule has 0 aromatic heterocycles. The highest BCUT2D eigenvalue weighted by molar-refractivity contribution is 5.81. The van der Waals surface area contributed by atoms with Crippen molar-refractivity contribution >= 4 is 17.1 Å². The van der Waals surface area contributed by atoms with Gasteiger partial charge in [0.2, 0.25) is 0 Å². The summed E-state index contributed by atoms with van der Waals surface area (Å²) in [6.07, 6.45) is 6.30. The van der Waals surface area contributed by atoms with Gasteiger partial charge in [-0.1, -0.05) is 109 Å². The van der Waals surface area contributed by atoms with Crippen molar-refractivity contribution in [2.45, 2.75) is 58.2 Å². The quantitative estimate of drug-likeness (QED) is 0.0406. The molecule has 63 heavy (non-hydrogen) atoms.